The average molecular weight is 293 g/mol. The van der Waals surface area contributed by atoms with Gasteiger partial charge in [0.05, 0.1) is 17.3 Å². The number of rotatable bonds is 5. The highest BCUT2D eigenvalue weighted by molar-refractivity contribution is 5.60. The van der Waals surface area contributed by atoms with Gasteiger partial charge in [-0.3, -0.25) is 0 Å². The van der Waals surface area contributed by atoms with Crippen LogP contribution < -0.4 is 10.6 Å². The molecule has 2 N–H and O–H groups in total. The van der Waals surface area contributed by atoms with E-state index in [1.807, 2.05) is 24.3 Å². The number of nitrogens with zero attached hydrogens (tertiary/aromatic N) is 3. The van der Waals surface area contributed by atoms with Gasteiger partial charge in [0.25, 0.3) is 0 Å². The summed E-state index contributed by atoms with van der Waals surface area (Å²) in [6.07, 6.45) is 2.39. The lowest BCUT2D eigenvalue weighted by Gasteiger charge is -2.13. The quantitative estimate of drug-likeness (QED) is 0.877. The highest BCUT2D eigenvalue weighted by Gasteiger charge is 2.26. The van der Waals surface area contributed by atoms with Gasteiger partial charge in [0.1, 0.15) is 5.82 Å². The molecular formula is C17H19N5. The van der Waals surface area contributed by atoms with Crippen molar-refractivity contribution in [1.29, 1.82) is 5.26 Å². The fourth-order valence-electron chi connectivity index (χ4n) is 2.26. The third kappa shape index (κ3) is 3.53. The summed E-state index contributed by atoms with van der Waals surface area (Å²) in [5.74, 6) is 1.97. The predicted molar refractivity (Wildman–Crippen MR) is 87.2 cm³/mol. The van der Waals surface area contributed by atoms with Crippen LogP contribution in [0.15, 0.2) is 30.3 Å². The second-order valence-electron chi connectivity index (χ2n) is 5.89. The van der Waals surface area contributed by atoms with E-state index in [1.54, 1.807) is 6.07 Å². The molecule has 1 saturated carbocycles. The molecular weight excluding hydrogens is 274 g/mol. The van der Waals surface area contributed by atoms with E-state index in [2.05, 4.69) is 40.5 Å². The van der Waals surface area contributed by atoms with Crippen molar-refractivity contribution in [2.45, 2.75) is 38.6 Å². The maximum atomic E-state index is 8.98. The second-order valence-corrected chi connectivity index (χ2v) is 5.89. The van der Waals surface area contributed by atoms with Gasteiger partial charge in [0.15, 0.2) is 0 Å². The Morgan fingerprint density at radius 2 is 2.05 bits per heavy atom. The molecule has 22 heavy (non-hydrogen) atoms. The predicted octanol–water partition coefficient (Wildman–Crippen LogP) is 3.79. The van der Waals surface area contributed by atoms with Gasteiger partial charge in [-0.2, -0.15) is 10.2 Å². The number of hydrogen-bond acceptors (Lipinski definition) is 5. The molecule has 1 aliphatic rings. The molecule has 0 bridgehead atoms. The van der Waals surface area contributed by atoms with Crippen molar-refractivity contribution in [3.8, 4) is 6.07 Å². The Labute approximate surface area is 130 Å². The van der Waals surface area contributed by atoms with Crippen LogP contribution in [0.5, 0.6) is 0 Å². The van der Waals surface area contributed by atoms with E-state index in [4.69, 9.17) is 5.26 Å². The van der Waals surface area contributed by atoms with Crippen molar-refractivity contribution in [2.75, 3.05) is 10.6 Å². The molecule has 0 aliphatic heterocycles. The molecule has 2 aromatic rings. The highest BCUT2D eigenvalue weighted by atomic mass is 15.2. The van der Waals surface area contributed by atoms with Gasteiger partial charge < -0.3 is 10.6 Å². The third-order valence-corrected chi connectivity index (χ3v) is 3.42. The first-order chi connectivity index (χ1) is 10.6. The summed E-state index contributed by atoms with van der Waals surface area (Å²) in [5, 5.41) is 15.5. The highest BCUT2D eigenvalue weighted by Crippen LogP contribution is 2.40. The summed E-state index contributed by atoms with van der Waals surface area (Å²) in [4.78, 5) is 9.11. The lowest BCUT2D eigenvalue weighted by atomic mass is 10.2. The van der Waals surface area contributed by atoms with E-state index in [0.717, 1.165) is 17.2 Å². The van der Waals surface area contributed by atoms with Crippen molar-refractivity contribution in [3.05, 3.63) is 41.6 Å². The third-order valence-electron chi connectivity index (χ3n) is 3.42. The number of benzene rings is 1. The first-order valence-corrected chi connectivity index (χ1v) is 7.57. The molecule has 0 amide bonds. The molecule has 1 aliphatic carbocycles. The van der Waals surface area contributed by atoms with E-state index in [0.29, 0.717) is 17.4 Å². The molecule has 1 aromatic carbocycles. The molecule has 3 rings (SSSR count). The van der Waals surface area contributed by atoms with E-state index in [-0.39, 0.29) is 6.04 Å². The lowest BCUT2D eigenvalue weighted by Crippen LogP contribution is -2.14. The zero-order valence-corrected chi connectivity index (χ0v) is 12.8. The first kappa shape index (κ1) is 14.3. The van der Waals surface area contributed by atoms with Gasteiger partial charge in [-0.25, -0.2) is 4.98 Å². The smallest absolute Gasteiger partial charge is 0.225 e. The van der Waals surface area contributed by atoms with Gasteiger partial charge >= 0.3 is 0 Å². The van der Waals surface area contributed by atoms with E-state index < -0.39 is 0 Å². The van der Waals surface area contributed by atoms with Gasteiger partial charge in [-0.05, 0) is 44.9 Å². The number of nitriles is 1. The number of hydrogen-bond donors (Lipinski definition) is 2. The minimum absolute atomic E-state index is 0.282. The molecule has 0 unspecified atom stereocenters. The Morgan fingerprint density at radius 1 is 1.23 bits per heavy atom. The van der Waals surface area contributed by atoms with Gasteiger partial charge in [0.2, 0.25) is 5.95 Å². The molecule has 0 spiro atoms. The molecule has 0 atom stereocenters. The normalized spacial score (nSPS) is 13.7. The van der Waals surface area contributed by atoms with E-state index in [9.17, 15) is 0 Å². The minimum atomic E-state index is 0.282. The van der Waals surface area contributed by atoms with Crippen LogP contribution in [0.3, 0.4) is 0 Å². The van der Waals surface area contributed by atoms with Crippen molar-refractivity contribution >= 4 is 17.5 Å². The number of anilines is 3. The minimum Gasteiger partial charge on any atom is -0.352 e. The molecule has 0 saturated heterocycles. The fraction of sp³-hybridized carbons (Fsp3) is 0.353. The zero-order chi connectivity index (χ0) is 15.5. The van der Waals surface area contributed by atoms with Crippen LogP contribution in [0, 0.1) is 11.3 Å². The largest absolute Gasteiger partial charge is 0.352 e. The van der Waals surface area contributed by atoms with Crippen molar-refractivity contribution in [2.24, 2.45) is 0 Å². The molecule has 5 heteroatoms. The molecule has 5 nitrogen and oxygen atoms in total. The summed E-state index contributed by atoms with van der Waals surface area (Å²) in [6, 6.07) is 11.8. The first-order valence-electron chi connectivity index (χ1n) is 7.57. The second kappa shape index (κ2) is 6.02. The van der Waals surface area contributed by atoms with Crippen LogP contribution in [-0.4, -0.2) is 16.0 Å². The summed E-state index contributed by atoms with van der Waals surface area (Å²) in [7, 11) is 0. The number of aromatic nitrogens is 2. The maximum Gasteiger partial charge on any atom is 0.225 e. The monoisotopic (exact) mass is 293 g/mol. The van der Waals surface area contributed by atoms with Crippen LogP contribution in [0.2, 0.25) is 0 Å². The Bertz CT molecular complexity index is 713. The SMILES string of the molecule is CC(C)Nc1nc(Nc2cccc(C#N)c2)cc(C2CC2)n1. The van der Waals surface area contributed by atoms with Crippen molar-refractivity contribution < 1.29 is 0 Å². The average Bonchev–Trinajstić information content (AvgIpc) is 3.31. The summed E-state index contributed by atoms with van der Waals surface area (Å²) in [6.45, 7) is 4.13. The van der Waals surface area contributed by atoms with Crippen molar-refractivity contribution in [3.63, 3.8) is 0 Å². The lowest BCUT2D eigenvalue weighted by molar-refractivity contribution is 0.864. The van der Waals surface area contributed by atoms with E-state index in [1.165, 1.54) is 12.8 Å². The van der Waals surface area contributed by atoms with Crippen LogP contribution in [-0.2, 0) is 0 Å². The molecule has 1 fully saturated rings. The van der Waals surface area contributed by atoms with Crippen LogP contribution in [0.1, 0.15) is 43.9 Å². The summed E-state index contributed by atoms with van der Waals surface area (Å²) < 4.78 is 0. The topological polar surface area (TPSA) is 73.6 Å². The summed E-state index contributed by atoms with van der Waals surface area (Å²) in [5.41, 5.74) is 2.56. The molecule has 112 valence electrons. The van der Waals surface area contributed by atoms with E-state index >= 15 is 0 Å². The molecule has 1 aromatic heterocycles. The fourth-order valence-corrected chi connectivity index (χ4v) is 2.26. The Hall–Kier alpha value is -2.61. The summed E-state index contributed by atoms with van der Waals surface area (Å²) >= 11 is 0. The Kier molecular flexibility index (Phi) is 3.92. The zero-order valence-electron chi connectivity index (χ0n) is 12.8. The number of nitrogens with one attached hydrogen (secondary N) is 2. The Morgan fingerprint density at radius 3 is 2.73 bits per heavy atom. The van der Waals surface area contributed by atoms with Crippen molar-refractivity contribution in [1.82, 2.24) is 9.97 Å². The molecule has 0 radical (unpaired) electrons. The molecule has 1 heterocycles. The Balaban J connectivity index is 1.88. The van der Waals surface area contributed by atoms with Crippen LogP contribution in [0.25, 0.3) is 0 Å². The van der Waals surface area contributed by atoms with Crippen LogP contribution >= 0.6 is 0 Å². The van der Waals surface area contributed by atoms with Gasteiger partial charge in [-0.15, -0.1) is 0 Å². The standard InChI is InChI=1S/C17H19N5/c1-11(2)19-17-21-15(13-6-7-13)9-16(22-17)20-14-5-3-4-12(8-14)10-18/h3-5,8-9,11,13H,6-7H2,1-2H3,(H2,19,20,21,22). The maximum absolute atomic E-state index is 8.98. The van der Waals surface area contributed by atoms with Gasteiger partial charge in [-0.1, -0.05) is 6.07 Å². The van der Waals surface area contributed by atoms with Gasteiger partial charge in [0, 0.05) is 23.7 Å². The van der Waals surface area contributed by atoms with Crippen LogP contribution in [0.4, 0.5) is 17.5 Å².